The van der Waals surface area contributed by atoms with Crippen LogP contribution in [0.25, 0.3) is 0 Å². The number of amides is 3. The molecule has 27 heavy (non-hydrogen) atoms. The lowest BCUT2D eigenvalue weighted by molar-refractivity contribution is -0.123. The molecule has 0 radical (unpaired) electrons. The maximum Gasteiger partial charge on any atom is 0.315 e. The van der Waals surface area contributed by atoms with Gasteiger partial charge in [-0.05, 0) is 41.8 Å². The molecule has 0 bridgehead atoms. The van der Waals surface area contributed by atoms with Gasteiger partial charge in [0, 0.05) is 13.1 Å². The van der Waals surface area contributed by atoms with Crippen molar-refractivity contribution in [1.82, 2.24) is 16.0 Å². The molecular formula is C20H23F2N3O2. The van der Waals surface area contributed by atoms with Crippen molar-refractivity contribution >= 4 is 11.9 Å². The molecule has 0 saturated carbocycles. The van der Waals surface area contributed by atoms with Crippen LogP contribution in [-0.4, -0.2) is 18.0 Å². The van der Waals surface area contributed by atoms with Crippen molar-refractivity contribution in [3.05, 3.63) is 71.3 Å². The number of halogens is 2. The Hall–Kier alpha value is -2.96. The maximum absolute atomic E-state index is 13.2. The van der Waals surface area contributed by atoms with Crippen molar-refractivity contribution in [2.45, 2.75) is 38.9 Å². The van der Waals surface area contributed by atoms with Crippen molar-refractivity contribution in [1.29, 1.82) is 0 Å². The first-order valence-electron chi connectivity index (χ1n) is 8.79. The number of benzene rings is 2. The monoisotopic (exact) mass is 375 g/mol. The molecule has 3 amide bonds. The lowest BCUT2D eigenvalue weighted by atomic mass is 10.1. The minimum absolute atomic E-state index is 0.176. The minimum Gasteiger partial charge on any atom is -0.350 e. The molecule has 5 nitrogen and oxygen atoms in total. The Balaban J connectivity index is 1.84. The van der Waals surface area contributed by atoms with Crippen LogP contribution in [-0.2, 0) is 17.9 Å². The minimum atomic E-state index is -0.697. The molecule has 2 rings (SSSR count). The third-order valence-electron chi connectivity index (χ3n) is 3.92. The Bertz CT molecular complexity index is 766. The van der Waals surface area contributed by atoms with Gasteiger partial charge in [-0.15, -0.1) is 0 Å². The fourth-order valence-electron chi connectivity index (χ4n) is 2.51. The van der Waals surface area contributed by atoms with Crippen LogP contribution < -0.4 is 16.0 Å². The predicted octanol–water partition coefficient (Wildman–Crippen LogP) is 3.25. The normalized spacial score (nSPS) is 11.5. The Morgan fingerprint density at radius 1 is 0.926 bits per heavy atom. The molecule has 1 atom stereocenters. The van der Waals surface area contributed by atoms with E-state index < -0.39 is 12.1 Å². The predicted molar refractivity (Wildman–Crippen MR) is 98.7 cm³/mol. The Kier molecular flexibility index (Phi) is 7.73. The van der Waals surface area contributed by atoms with Crippen LogP contribution in [0.2, 0.25) is 0 Å². The standard InChI is InChI=1S/C20H23F2N3O2/c1-2-4-18(19(26)23-13-15-5-3-6-17(22)11-15)25-20(27)24-12-14-7-9-16(21)10-8-14/h3,5-11,18H,2,4,12-13H2,1H3,(H,23,26)(H2,24,25,27). The van der Waals surface area contributed by atoms with Crippen molar-refractivity contribution in [2.75, 3.05) is 0 Å². The molecule has 0 aliphatic rings. The average Bonchev–Trinajstić information content (AvgIpc) is 2.65. The van der Waals surface area contributed by atoms with E-state index in [9.17, 15) is 18.4 Å². The van der Waals surface area contributed by atoms with E-state index in [0.29, 0.717) is 18.4 Å². The third kappa shape index (κ3) is 7.05. The Morgan fingerprint density at radius 3 is 2.30 bits per heavy atom. The summed E-state index contributed by atoms with van der Waals surface area (Å²) in [6.07, 6.45) is 1.18. The van der Waals surface area contributed by atoms with Gasteiger partial charge >= 0.3 is 6.03 Å². The number of urea groups is 1. The Morgan fingerprint density at radius 2 is 1.63 bits per heavy atom. The molecule has 7 heteroatoms. The van der Waals surface area contributed by atoms with E-state index in [1.165, 1.54) is 24.3 Å². The first kappa shape index (κ1) is 20.4. The van der Waals surface area contributed by atoms with Crippen molar-refractivity contribution < 1.29 is 18.4 Å². The lowest BCUT2D eigenvalue weighted by Gasteiger charge is -2.18. The van der Waals surface area contributed by atoms with E-state index in [0.717, 1.165) is 5.56 Å². The molecule has 1 unspecified atom stereocenters. The number of rotatable bonds is 8. The second kappa shape index (κ2) is 10.3. The number of carbonyl (C=O) groups is 2. The van der Waals surface area contributed by atoms with Gasteiger partial charge in [0.15, 0.2) is 0 Å². The van der Waals surface area contributed by atoms with Gasteiger partial charge in [0.25, 0.3) is 0 Å². The molecule has 144 valence electrons. The highest BCUT2D eigenvalue weighted by atomic mass is 19.1. The summed E-state index contributed by atoms with van der Waals surface area (Å²) in [4.78, 5) is 24.4. The van der Waals surface area contributed by atoms with Crippen molar-refractivity contribution in [3.63, 3.8) is 0 Å². The highest BCUT2D eigenvalue weighted by Gasteiger charge is 2.19. The van der Waals surface area contributed by atoms with E-state index >= 15 is 0 Å². The fraction of sp³-hybridized carbons (Fsp3) is 0.300. The van der Waals surface area contributed by atoms with Gasteiger partial charge in [-0.25, -0.2) is 13.6 Å². The number of carbonyl (C=O) groups excluding carboxylic acids is 2. The van der Waals surface area contributed by atoms with Gasteiger partial charge in [-0.2, -0.15) is 0 Å². The largest absolute Gasteiger partial charge is 0.350 e. The lowest BCUT2D eigenvalue weighted by Crippen LogP contribution is -2.49. The number of hydrogen-bond donors (Lipinski definition) is 3. The smallest absolute Gasteiger partial charge is 0.315 e. The summed E-state index contributed by atoms with van der Waals surface area (Å²) in [7, 11) is 0. The van der Waals surface area contributed by atoms with Crippen molar-refractivity contribution in [2.24, 2.45) is 0 Å². The van der Waals surface area contributed by atoms with E-state index in [1.807, 2.05) is 6.92 Å². The van der Waals surface area contributed by atoms with E-state index in [1.54, 1.807) is 24.3 Å². The summed E-state index contributed by atoms with van der Waals surface area (Å²) >= 11 is 0. The van der Waals surface area contributed by atoms with E-state index in [2.05, 4.69) is 16.0 Å². The molecular weight excluding hydrogens is 352 g/mol. The molecule has 0 aliphatic carbocycles. The maximum atomic E-state index is 13.2. The second-order valence-corrected chi connectivity index (χ2v) is 6.14. The summed E-state index contributed by atoms with van der Waals surface area (Å²) < 4.78 is 26.1. The average molecular weight is 375 g/mol. The highest BCUT2D eigenvalue weighted by Crippen LogP contribution is 2.05. The van der Waals surface area contributed by atoms with Gasteiger partial charge in [0.2, 0.25) is 5.91 Å². The van der Waals surface area contributed by atoms with Crippen molar-refractivity contribution in [3.8, 4) is 0 Å². The van der Waals surface area contributed by atoms with Gasteiger partial charge < -0.3 is 16.0 Å². The zero-order valence-electron chi connectivity index (χ0n) is 15.1. The van der Waals surface area contributed by atoms with Gasteiger partial charge in [0.05, 0.1) is 0 Å². The van der Waals surface area contributed by atoms with Crippen LogP contribution in [0.15, 0.2) is 48.5 Å². The first-order valence-corrected chi connectivity index (χ1v) is 8.79. The summed E-state index contributed by atoms with van der Waals surface area (Å²) in [5, 5.41) is 7.98. The molecule has 3 N–H and O–H groups in total. The SMILES string of the molecule is CCCC(NC(=O)NCc1ccc(F)cc1)C(=O)NCc1cccc(F)c1. The van der Waals surface area contributed by atoms with Crippen LogP contribution in [0.4, 0.5) is 13.6 Å². The van der Waals surface area contributed by atoms with Crippen LogP contribution in [0.3, 0.4) is 0 Å². The molecule has 0 heterocycles. The summed E-state index contributed by atoms with van der Waals surface area (Å²) in [5.41, 5.74) is 1.38. The molecule has 2 aromatic rings. The van der Waals surface area contributed by atoms with Gasteiger partial charge in [-0.3, -0.25) is 4.79 Å². The van der Waals surface area contributed by atoms with E-state index in [-0.39, 0.29) is 30.6 Å². The number of hydrogen-bond acceptors (Lipinski definition) is 2. The quantitative estimate of drug-likeness (QED) is 0.663. The third-order valence-corrected chi connectivity index (χ3v) is 3.92. The van der Waals surface area contributed by atoms with Gasteiger partial charge in [0.1, 0.15) is 17.7 Å². The summed E-state index contributed by atoms with van der Waals surface area (Å²) in [5.74, 6) is -1.05. The fourth-order valence-corrected chi connectivity index (χ4v) is 2.51. The van der Waals surface area contributed by atoms with Crippen LogP contribution in [0.1, 0.15) is 30.9 Å². The Labute approximate surface area is 157 Å². The first-order chi connectivity index (χ1) is 13.0. The molecule has 0 saturated heterocycles. The zero-order chi connectivity index (χ0) is 19.6. The van der Waals surface area contributed by atoms with Crippen LogP contribution in [0.5, 0.6) is 0 Å². The molecule has 0 fully saturated rings. The van der Waals surface area contributed by atoms with Crippen LogP contribution >= 0.6 is 0 Å². The second-order valence-electron chi connectivity index (χ2n) is 6.14. The highest BCUT2D eigenvalue weighted by molar-refractivity contribution is 5.86. The van der Waals surface area contributed by atoms with Gasteiger partial charge in [-0.1, -0.05) is 37.6 Å². The molecule has 2 aromatic carbocycles. The summed E-state index contributed by atoms with van der Waals surface area (Å²) in [6, 6.07) is 10.5. The molecule has 0 spiro atoms. The van der Waals surface area contributed by atoms with Crippen LogP contribution in [0, 0.1) is 11.6 Å². The number of nitrogens with one attached hydrogen (secondary N) is 3. The molecule has 0 aromatic heterocycles. The topological polar surface area (TPSA) is 70.2 Å². The zero-order valence-corrected chi connectivity index (χ0v) is 15.1. The van der Waals surface area contributed by atoms with E-state index in [4.69, 9.17) is 0 Å². The summed E-state index contributed by atoms with van der Waals surface area (Å²) in [6.45, 7) is 2.30. The molecule has 0 aliphatic heterocycles.